The van der Waals surface area contributed by atoms with Gasteiger partial charge in [-0.2, -0.15) is 0 Å². The number of halogens is 1. The minimum atomic E-state index is -0.620. The van der Waals surface area contributed by atoms with Crippen LogP contribution in [-0.2, 0) is 43.6 Å². The lowest BCUT2D eigenvalue weighted by molar-refractivity contribution is -0.158. The van der Waals surface area contributed by atoms with Gasteiger partial charge in [0.05, 0.1) is 32.2 Å². The van der Waals surface area contributed by atoms with Gasteiger partial charge in [-0.05, 0) is 49.6 Å². The first-order valence-corrected chi connectivity index (χ1v) is 10.5. The Balaban J connectivity index is 1.80. The first kappa shape index (κ1) is 25.5. The second-order valence-corrected chi connectivity index (χ2v) is 8.60. The number of hydrogen-bond acceptors (Lipinski definition) is 5. The SMILES string of the molecule is COC[C@@H](CC(=O)OC(C)(C)C)C(=O)NCc1ccc(COCc2cccc(F)c2)cc1. The lowest BCUT2D eigenvalue weighted by Crippen LogP contribution is -2.35. The van der Waals surface area contributed by atoms with E-state index in [1.807, 2.05) is 30.3 Å². The van der Waals surface area contributed by atoms with E-state index in [0.717, 1.165) is 16.7 Å². The largest absolute Gasteiger partial charge is 0.460 e. The molecule has 0 unspecified atom stereocenters. The molecule has 2 rings (SSSR count). The first-order valence-electron chi connectivity index (χ1n) is 10.5. The van der Waals surface area contributed by atoms with Crippen LogP contribution < -0.4 is 5.32 Å². The van der Waals surface area contributed by atoms with Gasteiger partial charge in [0.15, 0.2) is 0 Å². The maximum absolute atomic E-state index is 13.2. The van der Waals surface area contributed by atoms with Gasteiger partial charge in [0, 0.05) is 13.7 Å². The van der Waals surface area contributed by atoms with Crippen LogP contribution in [0.15, 0.2) is 48.5 Å². The minimum Gasteiger partial charge on any atom is -0.460 e. The predicted molar refractivity (Wildman–Crippen MR) is 119 cm³/mol. The number of nitrogens with one attached hydrogen (secondary N) is 1. The summed E-state index contributed by atoms with van der Waals surface area (Å²) >= 11 is 0. The summed E-state index contributed by atoms with van der Waals surface area (Å²) in [7, 11) is 1.49. The zero-order valence-electron chi connectivity index (χ0n) is 19.2. The van der Waals surface area contributed by atoms with E-state index in [1.165, 1.54) is 19.2 Å². The van der Waals surface area contributed by atoms with Crippen LogP contribution in [0.2, 0.25) is 0 Å². The summed E-state index contributed by atoms with van der Waals surface area (Å²) in [5, 5.41) is 2.85. The molecule has 2 aromatic carbocycles. The number of benzene rings is 2. The normalized spacial score (nSPS) is 12.3. The van der Waals surface area contributed by atoms with Crippen molar-refractivity contribution >= 4 is 11.9 Å². The molecule has 2 aromatic rings. The molecule has 1 N–H and O–H groups in total. The van der Waals surface area contributed by atoms with E-state index in [-0.39, 0.29) is 24.8 Å². The molecular weight excluding hydrogens is 413 g/mol. The molecule has 0 aliphatic carbocycles. The Morgan fingerprint density at radius 3 is 2.28 bits per heavy atom. The van der Waals surface area contributed by atoms with Crippen LogP contribution in [0.4, 0.5) is 4.39 Å². The fourth-order valence-corrected chi connectivity index (χ4v) is 3.01. The number of hydrogen-bond donors (Lipinski definition) is 1. The Kier molecular flexibility index (Phi) is 9.81. The highest BCUT2D eigenvalue weighted by molar-refractivity contribution is 5.84. The Labute approximate surface area is 189 Å². The standard InChI is InChI=1S/C25H32FNO5/c1-25(2,3)32-23(28)13-21(17-30-4)24(29)27-14-18-8-10-19(11-9-18)15-31-16-20-6-5-7-22(26)12-20/h5-12,21H,13-17H2,1-4H3,(H,27,29)/t21-/m1/s1. The molecule has 0 saturated carbocycles. The molecule has 0 heterocycles. The van der Waals surface area contributed by atoms with E-state index in [9.17, 15) is 14.0 Å². The Morgan fingerprint density at radius 2 is 1.66 bits per heavy atom. The molecule has 1 amide bonds. The van der Waals surface area contributed by atoms with Crippen LogP contribution in [0.5, 0.6) is 0 Å². The molecule has 32 heavy (non-hydrogen) atoms. The van der Waals surface area contributed by atoms with Gasteiger partial charge in [0.1, 0.15) is 11.4 Å². The van der Waals surface area contributed by atoms with Gasteiger partial charge < -0.3 is 19.5 Å². The van der Waals surface area contributed by atoms with Gasteiger partial charge in [-0.3, -0.25) is 9.59 Å². The second kappa shape index (κ2) is 12.3. The van der Waals surface area contributed by atoms with E-state index >= 15 is 0 Å². The van der Waals surface area contributed by atoms with Crippen LogP contribution in [0.25, 0.3) is 0 Å². The topological polar surface area (TPSA) is 73.9 Å². The summed E-state index contributed by atoms with van der Waals surface area (Å²) in [4.78, 5) is 24.6. The highest BCUT2D eigenvalue weighted by Gasteiger charge is 2.25. The molecule has 0 saturated heterocycles. The number of amides is 1. The van der Waals surface area contributed by atoms with Crippen molar-refractivity contribution in [2.45, 2.75) is 52.6 Å². The van der Waals surface area contributed by atoms with Crippen LogP contribution in [-0.4, -0.2) is 31.2 Å². The van der Waals surface area contributed by atoms with Crippen molar-refractivity contribution < 1.29 is 28.2 Å². The molecule has 0 aliphatic rings. The summed E-state index contributed by atoms with van der Waals surface area (Å²) in [6, 6.07) is 14.0. The molecule has 1 atom stereocenters. The average molecular weight is 446 g/mol. The summed E-state index contributed by atoms with van der Waals surface area (Å²) < 4.78 is 29.2. The van der Waals surface area contributed by atoms with Crippen LogP contribution in [0.3, 0.4) is 0 Å². The van der Waals surface area contributed by atoms with Crippen LogP contribution in [0, 0.1) is 11.7 Å². The van der Waals surface area contributed by atoms with Crippen molar-refractivity contribution in [2.75, 3.05) is 13.7 Å². The molecular formula is C25H32FNO5. The number of rotatable bonds is 11. The number of carbonyl (C=O) groups excluding carboxylic acids is 2. The van der Waals surface area contributed by atoms with E-state index in [2.05, 4.69) is 5.32 Å². The maximum atomic E-state index is 13.2. The number of ether oxygens (including phenoxy) is 3. The maximum Gasteiger partial charge on any atom is 0.307 e. The highest BCUT2D eigenvalue weighted by atomic mass is 19.1. The minimum absolute atomic E-state index is 0.0431. The summed E-state index contributed by atoms with van der Waals surface area (Å²) in [5.74, 6) is -1.60. The third-order valence-corrected chi connectivity index (χ3v) is 4.49. The number of esters is 1. The van der Waals surface area contributed by atoms with Crippen molar-refractivity contribution in [2.24, 2.45) is 5.92 Å². The van der Waals surface area contributed by atoms with Gasteiger partial charge >= 0.3 is 5.97 Å². The molecule has 0 radical (unpaired) electrons. The third kappa shape index (κ3) is 9.58. The molecule has 0 aliphatic heterocycles. The van der Waals surface area contributed by atoms with Gasteiger partial charge in [-0.1, -0.05) is 36.4 Å². The summed E-state index contributed by atoms with van der Waals surface area (Å²) in [6.45, 7) is 6.54. The van der Waals surface area contributed by atoms with Crippen molar-refractivity contribution in [3.63, 3.8) is 0 Å². The highest BCUT2D eigenvalue weighted by Crippen LogP contribution is 2.14. The van der Waals surface area contributed by atoms with Gasteiger partial charge in [-0.15, -0.1) is 0 Å². The van der Waals surface area contributed by atoms with Gasteiger partial charge in [0.25, 0.3) is 0 Å². The third-order valence-electron chi connectivity index (χ3n) is 4.49. The molecule has 6 nitrogen and oxygen atoms in total. The molecule has 0 fully saturated rings. The molecule has 0 aromatic heterocycles. The van der Waals surface area contributed by atoms with E-state index in [0.29, 0.717) is 19.8 Å². The fourth-order valence-electron chi connectivity index (χ4n) is 3.01. The Hall–Kier alpha value is -2.77. The number of carbonyl (C=O) groups is 2. The molecule has 0 spiro atoms. The van der Waals surface area contributed by atoms with Crippen molar-refractivity contribution in [1.82, 2.24) is 5.32 Å². The number of methoxy groups -OCH3 is 1. The lowest BCUT2D eigenvalue weighted by Gasteiger charge is -2.21. The molecule has 7 heteroatoms. The smallest absolute Gasteiger partial charge is 0.307 e. The first-order chi connectivity index (χ1) is 15.2. The van der Waals surface area contributed by atoms with E-state index < -0.39 is 17.5 Å². The lowest BCUT2D eigenvalue weighted by atomic mass is 10.0. The molecule has 174 valence electrons. The van der Waals surface area contributed by atoms with Crippen molar-refractivity contribution in [3.8, 4) is 0 Å². The van der Waals surface area contributed by atoms with Crippen molar-refractivity contribution in [1.29, 1.82) is 0 Å². The molecule has 0 bridgehead atoms. The van der Waals surface area contributed by atoms with Crippen molar-refractivity contribution in [3.05, 3.63) is 71.0 Å². The zero-order valence-corrected chi connectivity index (χ0v) is 19.2. The van der Waals surface area contributed by atoms with Crippen LogP contribution in [0.1, 0.15) is 43.9 Å². The van der Waals surface area contributed by atoms with E-state index in [4.69, 9.17) is 14.2 Å². The summed E-state index contributed by atoms with van der Waals surface area (Å²) in [5.41, 5.74) is 2.06. The fraction of sp³-hybridized carbons (Fsp3) is 0.440. The second-order valence-electron chi connectivity index (χ2n) is 8.60. The monoisotopic (exact) mass is 445 g/mol. The Morgan fingerprint density at radius 1 is 1.00 bits per heavy atom. The zero-order chi connectivity index (χ0) is 23.6. The average Bonchev–Trinajstić information content (AvgIpc) is 2.71. The van der Waals surface area contributed by atoms with Gasteiger partial charge in [-0.25, -0.2) is 4.39 Å². The summed E-state index contributed by atoms with van der Waals surface area (Å²) in [6.07, 6.45) is -0.0431. The quantitative estimate of drug-likeness (QED) is 0.526. The van der Waals surface area contributed by atoms with Gasteiger partial charge in [0.2, 0.25) is 5.91 Å². The predicted octanol–water partition coefficient (Wildman–Crippen LogP) is 4.15. The van der Waals surface area contributed by atoms with Crippen LogP contribution >= 0.6 is 0 Å². The Bertz CT molecular complexity index is 877. The van der Waals surface area contributed by atoms with E-state index in [1.54, 1.807) is 26.8 Å².